The Kier molecular flexibility index (Phi) is 4.59. The van der Waals surface area contributed by atoms with Crippen molar-refractivity contribution in [1.29, 1.82) is 0 Å². The number of halogens is 2. The topological polar surface area (TPSA) is 26.3 Å². The van der Waals surface area contributed by atoms with Gasteiger partial charge in [-0.25, -0.2) is 0 Å². The molecule has 0 aliphatic heterocycles. The first-order chi connectivity index (χ1) is 8.56. The van der Waals surface area contributed by atoms with Gasteiger partial charge in [-0.2, -0.15) is 0 Å². The number of hydrogen-bond acceptors (Lipinski definition) is 3. The molecule has 0 radical (unpaired) electrons. The van der Waals surface area contributed by atoms with E-state index in [2.05, 4.69) is 31.9 Å². The molecule has 1 aromatic carbocycles. The summed E-state index contributed by atoms with van der Waals surface area (Å²) in [6.07, 6.45) is 0. The van der Waals surface area contributed by atoms with Gasteiger partial charge in [0.2, 0.25) is 0 Å². The molecule has 0 saturated heterocycles. The SMILES string of the molecule is CC(=O)c1cc(Br)ccc1OCc1cc(Br)cs1. The molecule has 2 aromatic rings. The van der Waals surface area contributed by atoms with Crippen LogP contribution in [0.4, 0.5) is 0 Å². The van der Waals surface area contributed by atoms with E-state index in [0.29, 0.717) is 17.9 Å². The number of thiophene rings is 1. The second kappa shape index (κ2) is 5.99. The zero-order chi connectivity index (χ0) is 13.1. The van der Waals surface area contributed by atoms with Crippen LogP contribution in [0.1, 0.15) is 22.2 Å². The zero-order valence-corrected chi connectivity index (χ0v) is 13.6. The van der Waals surface area contributed by atoms with Gasteiger partial charge in [-0.15, -0.1) is 11.3 Å². The fourth-order valence-corrected chi connectivity index (χ4v) is 3.20. The molecule has 94 valence electrons. The van der Waals surface area contributed by atoms with E-state index in [1.54, 1.807) is 17.4 Å². The Bertz CT molecular complexity index is 578. The molecule has 0 amide bonds. The van der Waals surface area contributed by atoms with Crippen LogP contribution in [0.3, 0.4) is 0 Å². The number of ketones is 1. The lowest BCUT2D eigenvalue weighted by Gasteiger charge is -2.09. The van der Waals surface area contributed by atoms with Crippen LogP contribution in [-0.4, -0.2) is 5.78 Å². The van der Waals surface area contributed by atoms with Gasteiger partial charge < -0.3 is 4.74 Å². The van der Waals surface area contributed by atoms with Gasteiger partial charge in [0.05, 0.1) is 5.56 Å². The maximum atomic E-state index is 11.5. The molecule has 5 heteroatoms. The minimum Gasteiger partial charge on any atom is -0.487 e. The monoisotopic (exact) mass is 388 g/mol. The largest absolute Gasteiger partial charge is 0.487 e. The summed E-state index contributed by atoms with van der Waals surface area (Å²) in [5.41, 5.74) is 0.597. The normalized spacial score (nSPS) is 10.4. The van der Waals surface area contributed by atoms with Gasteiger partial charge in [0.25, 0.3) is 0 Å². The Morgan fingerprint density at radius 2 is 2.06 bits per heavy atom. The van der Waals surface area contributed by atoms with Gasteiger partial charge in [-0.1, -0.05) is 15.9 Å². The fourth-order valence-electron chi connectivity index (χ4n) is 1.48. The van der Waals surface area contributed by atoms with Crippen LogP contribution in [0.25, 0.3) is 0 Å². The summed E-state index contributed by atoms with van der Waals surface area (Å²) in [6.45, 7) is 2.01. The highest BCUT2D eigenvalue weighted by Crippen LogP contribution is 2.26. The summed E-state index contributed by atoms with van der Waals surface area (Å²) in [4.78, 5) is 12.6. The molecule has 0 aliphatic carbocycles. The molecular weight excluding hydrogens is 380 g/mol. The van der Waals surface area contributed by atoms with Crippen LogP contribution in [-0.2, 0) is 6.61 Å². The van der Waals surface area contributed by atoms with Crippen molar-refractivity contribution in [2.24, 2.45) is 0 Å². The summed E-state index contributed by atoms with van der Waals surface area (Å²) < 4.78 is 7.62. The molecule has 0 fully saturated rings. The maximum Gasteiger partial charge on any atom is 0.163 e. The molecule has 1 heterocycles. The fraction of sp³-hybridized carbons (Fsp3) is 0.154. The average Bonchev–Trinajstić information content (AvgIpc) is 2.73. The number of benzene rings is 1. The Labute approximate surface area is 126 Å². The first-order valence-electron chi connectivity index (χ1n) is 5.22. The Morgan fingerprint density at radius 3 is 2.67 bits per heavy atom. The van der Waals surface area contributed by atoms with Crippen LogP contribution in [0, 0.1) is 0 Å². The highest BCUT2D eigenvalue weighted by atomic mass is 79.9. The molecule has 0 spiro atoms. The number of ether oxygens (including phenoxy) is 1. The van der Waals surface area contributed by atoms with E-state index in [1.807, 2.05) is 23.6 Å². The predicted molar refractivity (Wildman–Crippen MR) is 80.5 cm³/mol. The minimum absolute atomic E-state index is 0.00124. The van der Waals surface area contributed by atoms with Crippen LogP contribution in [0.15, 0.2) is 38.6 Å². The van der Waals surface area contributed by atoms with Gasteiger partial charge in [-0.3, -0.25) is 4.79 Å². The summed E-state index contributed by atoms with van der Waals surface area (Å²) in [5.74, 6) is 0.619. The van der Waals surface area contributed by atoms with Crippen molar-refractivity contribution in [2.75, 3.05) is 0 Å². The average molecular weight is 390 g/mol. The van der Waals surface area contributed by atoms with Crippen LogP contribution < -0.4 is 4.74 Å². The second-order valence-electron chi connectivity index (χ2n) is 3.72. The third-order valence-corrected chi connectivity index (χ3v) is 4.48. The van der Waals surface area contributed by atoms with Crippen LogP contribution in [0.5, 0.6) is 5.75 Å². The quantitative estimate of drug-likeness (QED) is 0.683. The summed E-state index contributed by atoms with van der Waals surface area (Å²) in [7, 11) is 0. The van der Waals surface area contributed by atoms with Gasteiger partial charge in [0.1, 0.15) is 12.4 Å². The molecule has 0 N–H and O–H groups in total. The van der Waals surface area contributed by atoms with Crippen LogP contribution >= 0.6 is 43.2 Å². The number of rotatable bonds is 4. The second-order valence-corrected chi connectivity index (χ2v) is 6.54. The predicted octanol–water partition coefficient (Wildman–Crippen LogP) is 5.05. The van der Waals surface area contributed by atoms with Crippen molar-refractivity contribution in [3.05, 3.63) is 49.0 Å². The Hall–Kier alpha value is -0.650. The lowest BCUT2D eigenvalue weighted by atomic mass is 10.1. The maximum absolute atomic E-state index is 11.5. The summed E-state index contributed by atoms with van der Waals surface area (Å²) in [5, 5.41) is 2.01. The lowest BCUT2D eigenvalue weighted by Crippen LogP contribution is -2.00. The van der Waals surface area contributed by atoms with Gasteiger partial charge >= 0.3 is 0 Å². The van der Waals surface area contributed by atoms with Crippen LogP contribution in [0.2, 0.25) is 0 Å². The van der Waals surface area contributed by atoms with Crippen molar-refractivity contribution >= 4 is 49.0 Å². The van der Waals surface area contributed by atoms with E-state index in [1.165, 1.54) is 6.92 Å². The van der Waals surface area contributed by atoms with Crippen molar-refractivity contribution in [3.63, 3.8) is 0 Å². The van der Waals surface area contributed by atoms with E-state index in [4.69, 9.17) is 4.74 Å². The van der Waals surface area contributed by atoms with E-state index < -0.39 is 0 Å². The highest BCUT2D eigenvalue weighted by molar-refractivity contribution is 9.10. The molecule has 2 nitrogen and oxygen atoms in total. The summed E-state index contributed by atoms with van der Waals surface area (Å²) in [6, 6.07) is 7.47. The van der Waals surface area contributed by atoms with E-state index in [-0.39, 0.29) is 5.78 Å². The third kappa shape index (κ3) is 3.43. The number of carbonyl (C=O) groups excluding carboxylic acids is 1. The van der Waals surface area contributed by atoms with Gasteiger partial charge in [-0.05, 0) is 47.1 Å². The molecule has 18 heavy (non-hydrogen) atoms. The molecular formula is C13H10Br2O2S. The Balaban J connectivity index is 2.16. The van der Waals surface area contributed by atoms with Crippen molar-refractivity contribution < 1.29 is 9.53 Å². The first kappa shape index (κ1) is 13.8. The van der Waals surface area contributed by atoms with E-state index in [9.17, 15) is 4.79 Å². The lowest BCUT2D eigenvalue weighted by molar-refractivity contribution is 0.101. The molecule has 0 bridgehead atoms. The van der Waals surface area contributed by atoms with Gasteiger partial charge in [0.15, 0.2) is 5.78 Å². The minimum atomic E-state index is -0.00124. The van der Waals surface area contributed by atoms with E-state index >= 15 is 0 Å². The van der Waals surface area contributed by atoms with Crippen molar-refractivity contribution in [2.45, 2.75) is 13.5 Å². The van der Waals surface area contributed by atoms with Crippen molar-refractivity contribution in [1.82, 2.24) is 0 Å². The number of hydrogen-bond donors (Lipinski definition) is 0. The number of carbonyl (C=O) groups is 1. The molecule has 0 unspecified atom stereocenters. The Morgan fingerprint density at radius 1 is 1.28 bits per heavy atom. The van der Waals surface area contributed by atoms with E-state index in [0.717, 1.165) is 13.8 Å². The molecule has 1 aromatic heterocycles. The molecule has 0 saturated carbocycles. The smallest absolute Gasteiger partial charge is 0.163 e. The first-order valence-corrected chi connectivity index (χ1v) is 7.69. The molecule has 0 atom stereocenters. The number of Topliss-reactive ketones (excluding diaryl/α,β-unsaturated/α-hetero) is 1. The molecule has 0 aliphatic rings. The molecule has 2 rings (SSSR count). The summed E-state index contributed by atoms with van der Waals surface area (Å²) >= 11 is 8.37. The van der Waals surface area contributed by atoms with Gasteiger partial charge in [0, 0.05) is 19.2 Å². The third-order valence-electron chi connectivity index (χ3n) is 2.31. The van der Waals surface area contributed by atoms with Crippen molar-refractivity contribution in [3.8, 4) is 5.75 Å². The zero-order valence-electron chi connectivity index (χ0n) is 9.57. The standard InChI is InChI=1S/C13H10Br2O2S/c1-8(16)12-5-9(14)2-3-13(12)17-6-11-4-10(15)7-18-11/h2-5,7H,6H2,1H3. The highest BCUT2D eigenvalue weighted by Gasteiger charge is 2.09.